The number of hydrogen-bond donors (Lipinski definition) is 1. The van der Waals surface area contributed by atoms with Crippen LogP contribution >= 0.6 is 15.9 Å². The van der Waals surface area contributed by atoms with Gasteiger partial charge in [-0.15, -0.1) is 0 Å². The average molecular weight is 499 g/mol. The van der Waals surface area contributed by atoms with Gasteiger partial charge in [0.2, 0.25) is 0 Å². The minimum absolute atomic E-state index is 0.0658. The van der Waals surface area contributed by atoms with Crippen LogP contribution in [0.15, 0.2) is 89.4 Å². The molecule has 4 aromatic rings. The Labute approximate surface area is 203 Å². The van der Waals surface area contributed by atoms with Gasteiger partial charge >= 0.3 is 0 Å². The summed E-state index contributed by atoms with van der Waals surface area (Å²) >= 11 is 3.54. The van der Waals surface area contributed by atoms with Crippen molar-refractivity contribution >= 4 is 21.8 Å². The van der Waals surface area contributed by atoms with Crippen LogP contribution in [0.4, 0.5) is 0 Å². The molecule has 4 heteroatoms. The van der Waals surface area contributed by atoms with Crippen molar-refractivity contribution in [2.24, 2.45) is 5.92 Å². The van der Waals surface area contributed by atoms with E-state index in [9.17, 15) is 4.79 Å². The third-order valence-corrected chi connectivity index (χ3v) is 7.26. The molecule has 33 heavy (non-hydrogen) atoms. The molecule has 1 N–H and O–H groups in total. The quantitative estimate of drug-likeness (QED) is 0.317. The maximum Gasteiger partial charge on any atom is 0.251 e. The molecule has 1 atom stereocenters. The molecule has 0 aliphatic heterocycles. The number of benzene rings is 3. The lowest BCUT2D eigenvalue weighted by Gasteiger charge is -2.21. The van der Waals surface area contributed by atoms with Crippen molar-refractivity contribution in [3.05, 3.63) is 112 Å². The van der Waals surface area contributed by atoms with Crippen molar-refractivity contribution < 1.29 is 4.79 Å². The molecule has 0 saturated carbocycles. The average Bonchev–Trinajstić information content (AvgIpc) is 3.22. The van der Waals surface area contributed by atoms with E-state index in [4.69, 9.17) is 0 Å². The first kappa shape index (κ1) is 21.7. The number of carbonyl (C=O) groups is 1. The zero-order valence-electron chi connectivity index (χ0n) is 18.7. The van der Waals surface area contributed by atoms with Gasteiger partial charge in [0.25, 0.3) is 5.91 Å². The minimum atomic E-state index is -0.0658. The molecule has 1 heterocycles. The van der Waals surface area contributed by atoms with Gasteiger partial charge in [-0.2, -0.15) is 0 Å². The van der Waals surface area contributed by atoms with Gasteiger partial charge in [-0.25, -0.2) is 0 Å². The monoisotopic (exact) mass is 498 g/mol. The smallest absolute Gasteiger partial charge is 0.251 e. The Hall–Kier alpha value is -3.11. The van der Waals surface area contributed by atoms with Crippen LogP contribution in [0.1, 0.15) is 40.5 Å². The number of aromatic nitrogens is 1. The number of nitrogens with one attached hydrogen (secondary N) is 1. The van der Waals surface area contributed by atoms with Crippen molar-refractivity contribution in [2.75, 3.05) is 0 Å². The van der Waals surface area contributed by atoms with Gasteiger partial charge in [-0.3, -0.25) is 4.79 Å². The molecule has 0 saturated heterocycles. The Morgan fingerprint density at radius 2 is 1.73 bits per heavy atom. The number of hydrogen-bond acceptors (Lipinski definition) is 1. The standard InChI is InChI=1S/C29H27BrN2O/c1-20-11-16-27-24(17-20)18-28(21-7-3-2-4-8-21)32(27)25-14-12-22(13-15-25)29(33)31-19-23-9-5-6-10-26(23)30/h2-10,12-15,18,20H,11,16-17,19H2,1H3,(H,31,33)/t20-/m1/s1. The van der Waals surface area contributed by atoms with Crippen molar-refractivity contribution in [3.63, 3.8) is 0 Å². The summed E-state index contributed by atoms with van der Waals surface area (Å²) in [6.45, 7) is 2.83. The highest BCUT2D eigenvalue weighted by Gasteiger charge is 2.23. The summed E-state index contributed by atoms with van der Waals surface area (Å²) in [7, 11) is 0. The number of amides is 1. The van der Waals surface area contributed by atoms with Crippen LogP contribution in [-0.2, 0) is 19.4 Å². The Bertz CT molecular complexity index is 1270. The van der Waals surface area contributed by atoms with Crippen LogP contribution < -0.4 is 5.32 Å². The molecule has 0 fully saturated rings. The SMILES string of the molecule is C[C@@H]1CCc2c(cc(-c3ccccc3)n2-c2ccc(C(=O)NCc3ccccc3Br)cc2)C1. The van der Waals surface area contributed by atoms with Gasteiger partial charge in [0.1, 0.15) is 0 Å². The first-order chi connectivity index (χ1) is 16.1. The Morgan fingerprint density at radius 1 is 1.00 bits per heavy atom. The Balaban J connectivity index is 1.43. The van der Waals surface area contributed by atoms with Crippen molar-refractivity contribution in [3.8, 4) is 16.9 Å². The first-order valence-corrected chi connectivity index (χ1v) is 12.3. The first-order valence-electron chi connectivity index (χ1n) is 11.5. The highest BCUT2D eigenvalue weighted by atomic mass is 79.9. The lowest BCUT2D eigenvalue weighted by atomic mass is 9.89. The van der Waals surface area contributed by atoms with Gasteiger partial charge in [0, 0.05) is 28.0 Å². The van der Waals surface area contributed by atoms with Crippen LogP contribution in [0.5, 0.6) is 0 Å². The zero-order valence-corrected chi connectivity index (χ0v) is 20.3. The molecule has 3 aromatic carbocycles. The van der Waals surface area contributed by atoms with Crippen LogP contribution in [0.2, 0.25) is 0 Å². The van der Waals surface area contributed by atoms with Gasteiger partial charge in [0.05, 0.1) is 5.69 Å². The number of rotatable bonds is 5. The van der Waals surface area contributed by atoms with Crippen molar-refractivity contribution in [1.82, 2.24) is 9.88 Å². The summed E-state index contributed by atoms with van der Waals surface area (Å²) in [5, 5.41) is 3.03. The van der Waals surface area contributed by atoms with Crippen molar-refractivity contribution in [1.29, 1.82) is 0 Å². The summed E-state index contributed by atoms with van der Waals surface area (Å²) in [4.78, 5) is 12.8. The molecule has 1 amide bonds. The van der Waals surface area contributed by atoms with E-state index >= 15 is 0 Å². The third-order valence-electron chi connectivity index (χ3n) is 6.49. The third kappa shape index (κ3) is 4.53. The number of nitrogens with zero attached hydrogens (tertiary/aromatic N) is 1. The molecule has 5 rings (SSSR count). The van der Waals surface area contributed by atoms with E-state index in [0.29, 0.717) is 18.0 Å². The summed E-state index contributed by atoms with van der Waals surface area (Å²) < 4.78 is 3.39. The summed E-state index contributed by atoms with van der Waals surface area (Å²) in [5.74, 6) is 0.650. The highest BCUT2D eigenvalue weighted by Crippen LogP contribution is 2.35. The second-order valence-corrected chi connectivity index (χ2v) is 9.73. The van der Waals surface area contributed by atoms with E-state index in [1.807, 2.05) is 36.4 Å². The molecule has 166 valence electrons. The second kappa shape index (κ2) is 9.40. The van der Waals surface area contributed by atoms with E-state index in [0.717, 1.165) is 28.6 Å². The Morgan fingerprint density at radius 3 is 2.48 bits per heavy atom. The van der Waals surface area contributed by atoms with E-state index < -0.39 is 0 Å². The predicted molar refractivity (Wildman–Crippen MR) is 138 cm³/mol. The maximum atomic E-state index is 12.8. The van der Waals surface area contributed by atoms with Crippen LogP contribution in [0.25, 0.3) is 16.9 Å². The largest absolute Gasteiger partial charge is 0.348 e. The van der Waals surface area contributed by atoms with E-state index in [2.05, 4.69) is 81.3 Å². The normalized spacial score (nSPS) is 15.2. The summed E-state index contributed by atoms with van der Waals surface area (Å²) in [6.07, 6.45) is 3.41. The highest BCUT2D eigenvalue weighted by molar-refractivity contribution is 9.10. The maximum absolute atomic E-state index is 12.8. The molecule has 1 aliphatic carbocycles. The number of carbonyl (C=O) groups excluding carboxylic acids is 1. The molecule has 0 spiro atoms. The molecular weight excluding hydrogens is 472 g/mol. The molecule has 0 radical (unpaired) electrons. The minimum Gasteiger partial charge on any atom is -0.348 e. The molecule has 1 aromatic heterocycles. The van der Waals surface area contributed by atoms with Gasteiger partial charge in [-0.1, -0.05) is 71.4 Å². The van der Waals surface area contributed by atoms with E-state index in [-0.39, 0.29) is 5.91 Å². The summed E-state index contributed by atoms with van der Waals surface area (Å²) in [6, 6.07) is 28.9. The Kier molecular flexibility index (Phi) is 6.19. The number of fused-ring (bicyclic) bond motifs is 1. The van der Waals surface area contributed by atoms with Crippen LogP contribution in [-0.4, -0.2) is 10.5 Å². The summed E-state index contributed by atoms with van der Waals surface area (Å²) in [5.41, 5.74) is 8.12. The molecule has 3 nitrogen and oxygen atoms in total. The van der Waals surface area contributed by atoms with E-state index in [1.54, 1.807) is 0 Å². The van der Waals surface area contributed by atoms with Gasteiger partial charge in [0.15, 0.2) is 0 Å². The van der Waals surface area contributed by atoms with Crippen LogP contribution in [0, 0.1) is 5.92 Å². The van der Waals surface area contributed by atoms with Gasteiger partial charge in [-0.05, 0) is 78.3 Å². The fraction of sp³-hybridized carbons (Fsp3) is 0.207. The van der Waals surface area contributed by atoms with Gasteiger partial charge < -0.3 is 9.88 Å². The predicted octanol–water partition coefficient (Wildman–Crippen LogP) is 6.96. The fourth-order valence-electron chi connectivity index (χ4n) is 4.71. The molecule has 1 aliphatic rings. The van der Waals surface area contributed by atoms with Crippen LogP contribution in [0.3, 0.4) is 0 Å². The lowest BCUT2D eigenvalue weighted by Crippen LogP contribution is -2.23. The molecule has 0 bridgehead atoms. The lowest BCUT2D eigenvalue weighted by molar-refractivity contribution is 0.0951. The fourth-order valence-corrected chi connectivity index (χ4v) is 5.13. The topological polar surface area (TPSA) is 34.0 Å². The van der Waals surface area contributed by atoms with E-state index in [1.165, 1.54) is 28.9 Å². The van der Waals surface area contributed by atoms with Crippen molar-refractivity contribution in [2.45, 2.75) is 32.7 Å². The molecular formula is C29H27BrN2O. The zero-order chi connectivity index (χ0) is 22.8. The number of halogens is 1. The second-order valence-electron chi connectivity index (χ2n) is 8.87. The molecule has 0 unspecified atom stereocenters.